The highest BCUT2D eigenvalue weighted by atomic mass is 19.1. The predicted octanol–water partition coefficient (Wildman–Crippen LogP) is 3.12. The smallest absolute Gasteiger partial charge is 0.233 e. The number of rotatable bonds is 4. The molecule has 0 atom stereocenters. The number of hydrogen-bond acceptors (Lipinski definition) is 3. The Hall–Kier alpha value is -2.89. The Labute approximate surface area is 158 Å². The maximum absolute atomic E-state index is 12.9. The van der Waals surface area contributed by atoms with E-state index in [1.165, 1.54) is 41.1 Å². The molecule has 2 aromatic rings. The lowest BCUT2D eigenvalue weighted by atomic mass is 10.1. The molecule has 0 bridgehead atoms. The molecule has 1 fully saturated rings. The number of nitrogens with one attached hydrogen (secondary N) is 1. The first-order chi connectivity index (χ1) is 12.9. The van der Waals surface area contributed by atoms with Crippen LogP contribution in [0.4, 0.5) is 15.8 Å². The monoisotopic (exact) mass is 369 g/mol. The highest BCUT2D eigenvalue weighted by molar-refractivity contribution is 6.03. The van der Waals surface area contributed by atoms with E-state index in [1.54, 1.807) is 4.90 Å². The molecular weight excluding hydrogens is 345 g/mol. The van der Waals surface area contributed by atoms with Crippen LogP contribution in [0.3, 0.4) is 0 Å². The van der Waals surface area contributed by atoms with Gasteiger partial charge in [0.2, 0.25) is 11.8 Å². The molecule has 0 aromatic heterocycles. The number of aryl methyl sites for hydroxylation is 1. The second kappa shape index (κ2) is 8.20. The molecule has 3 rings (SSSR count). The maximum atomic E-state index is 12.9. The van der Waals surface area contributed by atoms with Crippen molar-refractivity contribution in [2.24, 2.45) is 0 Å². The molecule has 27 heavy (non-hydrogen) atoms. The first-order valence-corrected chi connectivity index (χ1v) is 9.08. The molecule has 0 unspecified atom stereocenters. The zero-order valence-electron chi connectivity index (χ0n) is 15.7. The summed E-state index contributed by atoms with van der Waals surface area (Å²) < 4.78 is 12.9. The van der Waals surface area contributed by atoms with Crippen molar-refractivity contribution in [3.63, 3.8) is 0 Å². The second-order valence-corrected chi connectivity index (χ2v) is 6.82. The van der Waals surface area contributed by atoms with E-state index in [2.05, 4.69) is 42.3 Å². The van der Waals surface area contributed by atoms with E-state index >= 15 is 0 Å². The number of halogens is 1. The van der Waals surface area contributed by atoms with Crippen LogP contribution in [0.15, 0.2) is 42.5 Å². The third-order valence-corrected chi connectivity index (χ3v) is 4.99. The van der Waals surface area contributed by atoms with Crippen molar-refractivity contribution < 1.29 is 14.0 Å². The van der Waals surface area contributed by atoms with Crippen LogP contribution >= 0.6 is 0 Å². The van der Waals surface area contributed by atoms with Crippen molar-refractivity contribution in [3.05, 3.63) is 59.4 Å². The van der Waals surface area contributed by atoms with E-state index < -0.39 is 0 Å². The van der Waals surface area contributed by atoms with E-state index in [4.69, 9.17) is 0 Å². The van der Waals surface area contributed by atoms with Gasteiger partial charge in [0.1, 0.15) is 12.2 Å². The molecule has 6 heteroatoms. The maximum Gasteiger partial charge on any atom is 0.233 e. The molecular formula is C21H24FN3O2. The highest BCUT2D eigenvalue weighted by Gasteiger charge is 2.23. The van der Waals surface area contributed by atoms with Gasteiger partial charge in [-0.25, -0.2) is 4.39 Å². The molecule has 2 aromatic carbocycles. The van der Waals surface area contributed by atoms with Gasteiger partial charge in [0, 0.05) is 37.6 Å². The molecule has 5 nitrogen and oxygen atoms in total. The molecule has 0 saturated carbocycles. The number of amides is 2. The molecule has 1 aliphatic rings. The number of carbonyl (C=O) groups is 2. The fourth-order valence-corrected chi connectivity index (χ4v) is 3.26. The molecule has 2 amide bonds. The van der Waals surface area contributed by atoms with Gasteiger partial charge in [0.15, 0.2) is 0 Å². The molecule has 0 radical (unpaired) electrons. The van der Waals surface area contributed by atoms with Gasteiger partial charge in [-0.3, -0.25) is 9.59 Å². The first kappa shape index (κ1) is 18.9. The largest absolute Gasteiger partial charge is 0.368 e. The van der Waals surface area contributed by atoms with Gasteiger partial charge in [-0.15, -0.1) is 0 Å². The summed E-state index contributed by atoms with van der Waals surface area (Å²) in [7, 11) is 0. The summed E-state index contributed by atoms with van der Waals surface area (Å²) in [5.41, 5.74) is 4.20. The average molecular weight is 369 g/mol. The topological polar surface area (TPSA) is 52.7 Å². The predicted molar refractivity (Wildman–Crippen MR) is 104 cm³/mol. The minimum atomic E-state index is -0.386. The Morgan fingerprint density at radius 1 is 1.00 bits per heavy atom. The lowest BCUT2D eigenvalue weighted by Crippen LogP contribution is -2.49. The van der Waals surface area contributed by atoms with Gasteiger partial charge in [-0.1, -0.05) is 12.1 Å². The minimum absolute atomic E-state index is 0.185. The van der Waals surface area contributed by atoms with Gasteiger partial charge in [0.05, 0.1) is 0 Å². The normalized spacial score (nSPS) is 14.2. The average Bonchev–Trinajstić information content (AvgIpc) is 2.66. The molecule has 0 spiro atoms. The number of carbonyl (C=O) groups excluding carboxylic acids is 2. The van der Waals surface area contributed by atoms with Crippen molar-refractivity contribution in [2.75, 3.05) is 36.4 Å². The standard InChI is InChI=1S/C21H24FN3O2/c1-15-4-3-5-19(16(15)2)24-10-12-25(13-11-24)21(27)14-20(26)23-18-8-6-17(22)7-9-18/h3-9H,10-14H2,1-2H3,(H,23,26). The summed E-state index contributed by atoms with van der Waals surface area (Å²) >= 11 is 0. The second-order valence-electron chi connectivity index (χ2n) is 6.82. The van der Waals surface area contributed by atoms with Gasteiger partial charge in [0.25, 0.3) is 0 Å². The van der Waals surface area contributed by atoms with Crippen LogP contribution in [0, 0.1) is 19.7 Å². The third kappa shape index (κ3) is 4.64. The summed E-state index contributed by atoms with van der Waals surface area (Å²) in [5, 5.41) is 2.62. The lowest BCUT2D eigenvalue weighted by molar-refractivity contribution is -0.134. The third-order valence-electron chi connectivity index (χ3n) is 4.99. The number of piperazine rings is 1. The van der Waals surface area contributed by atoms with Crippen LogP contribution in [-0.4, -0.2) is 42.9 Å². The quantitative estimate of drug-likeness (QED) is 0.843. The van der Waals surface area contributed by atoms with Gasteiger partial charge in [-0.05, 0) is 55.3 Å². The molecule has 1 N–H and O–H groups in total. The minimum Gasteiger partial charge on any atom is -0.368 e. The molecule has 1 aliphatic heterocycles. The molecule has 1 heterocycles. The van der Waals surface area contributed by atoms with E-state index in [0.29, 0.717) is 18.8 Å². The van der Waals surface area contributed by atoms with Gasteiger partial charge >= 0.3 is 0 Å². The van der Waals surface area contributed by atoms with E-state index in [9.17, 15) is 14.0 Å². The van der Waals surface area contributed by atoms with Crippen LogP contribution < -0.4 is 10.2 Å². The van der Waals surface area contributed by atoms with Crippen LogP contribution in [0.25, 0.3) is 0 Å². The van der Waals surface area contributed by atoms with Crippen molar-refractivity contribution >= 4 is 23.2 Å². The summed E-state index contributed by atoms with van der Waals surface area (Å²) in [5.74, 6) is -0.940. The number of benzene rings is 2. The molecule has 0 aliphatic carbocycles. The fraction of sp³-hybridized carbons (Fsp3) is 0.333. The summed E-state index contributed by atoms with van der Waals surface area (Å²) in [6, 6.07) is 11.7. The lowest BCUT2D eigenvalue weighted by Gasteiger charge is -2.37. The molecule has 1 saturated heterocycles. The Balaban J connectivity index is 1.51. The van der Waals surface area contributed by atoms with Crippen LogP contribution in [0.5, 0.6) is 0 Å². The van der Waals surface area contributed by atoms with Crippen molar-refractivity contribution in [1.29, 1.82) is 0 Å². The van der Waals surface area contributed by atoms with Gasteiger partial charge < -0.3 is 15.1 Å². The Bertz CT molecular complexity index is 828. The summed E-state index contributed by atoms with van der Waals surface area (Å²) in [6.07, 6.45) is -0.207. The summed E-state index contributed by atoms with van der Waals surface area (Å²) in [4.78, 5) is 28.5. The zero-order valence-corrected chi connectivity index (χ0v) is 15.7. The fourth-order valence-electron chi connectivity index (χ4n) is 3.26. The number of anilines is 2. The van der Waals surface area contributed by atoms with E-state index in [1.807, 2.05) is 0 Å². The van der Waals surface area contributed by atoms with Crippen molar-refractivity contribution in [1.82, 2.24) is 4.90 Å². The summed E-state index contributed by atoms with van der Waals surface area (Å²) in [6.45, 7) is 6.89. The highest BCUT2D eigenvalue weighted by Crippen LogP contribution is 2.24. The Morgan fingerprint density at radius 3 is 2.33 bits per heavy atom. The van der Waals surface area contributed by atoms with E-state index in [-0.39, 0.29) is 24.1 Å². The first-order valence-electron chi connectivity index (χ1n) is 9.08. The van der Waals surface area contributed by atoms with Crippen molar-refractivity contribution in [3.8, 4) is 0 Å². The van der Waals surface area contributed by atoms with Crippen LogP contribution in [-0.2, 0) is 9.59 Å². The Morgan fingerprint density at radius 2 is 1.67 bits per heavy atom. The van der Waals surface area contributed by atoms with Crippen molar-refractivity contribution in [2.45, 2.75) is 20.3 Å². The number of hydrogen-bond donors (Lipinski definition) is 1. The van der Waals surface area contributed by atoms with Gasteiger partial charge in [-0.2, -0.15) is 0 Å². The number of nitrogens with zero attached hydrogens (tertiary/aromatic N) is 2. The Kier molecular flexibility index (Phi) is 5.74. The van der Waals surface area contributed by atoms with Crippen LogP contribution in [0.1, 0.15) is 17.5 Å². The van der Waals surface area contributed by atoms with E-state index in [0.717, 1.165) is 13.1 Å². The van der Waals surface area contributed by atoms with Crippen LogP contribution in [0.2, 0.25) is 0 Å². The SMILES string of the molecule is Cc1cccc(N2CCN(C(=O)CC(=O)Nc3ccc(F)cc3)CC2)c1C. The molecule has 142 valence electrons. The zero-order chi connectivity index (χ0) is 19.4.